The molecule has 0 aromatic rings. The molecule has 0 aromatic heterocycles. The number of nitrogens with two attached hydrogens (primary N) is 1. The smallest absolute Gasteiger partial charge is 0.123 e. The van der Waals surface area contributed by atoms with Gasteiger partial charge in [0.05, 0.1) is 6.54 Å². The fraction of sp³-hybridized carbons (Fsp3) is 0.864. The molecule has 1 rings (SSSR count). The predicted molar refractivity (Wildman–Crippen MR) is 112 cm³/mol. The van der Waals surface area contributed by atoms with Crippen molar-refractivity contribution in [3.63, 3.8) is 0 Å². The summed E-state index contributed by atoms with van der Waals surface area (Å²) in [5.74, 6) is 1.14. The Kier molecular flexibility index (Phi) is 14.8. The molecule has 0 radical (unpaired) electrons. The summed E-state index contributed by atoms with van der Waals surface area (Å²) in [6.07, 6.45) is 24.2. The third-order valence-electron chi connectivity index (χ3n) is 5.11. The zero-order valence-corrected chi connectivity index (χ0v) is 16.9. The highest BCUT2D eigenvalue weighted by atomic mass is 15.2. The summed E-state index contributed by atoms with van der Waals surface area (Å²) in [6.45, 7) is 5.90. The fourth-order valence-corrected chi connectivity index (χ4v) is 3.51. The zero-order valence-electron chi connectivity index (χ0n) is 16.9. The largest absolute Gasteiger partial charge is 0.354 e. The Morgan fingerprint density at radius 3 is 2.00 bits per heavy atom. The first kappa shape index (κ1) is 22.2. The van der Waals surface area contributed by atoms with Gasteiger partial charge in [0.25, 0.3) is 0 Å². The molecule has 1 heterocycles. The second-order valence-corrected chi connectivity index (χ2v) is 7.45. The van der Waals surface area contributed by atoms with Crippen molar-refractivity contribution in [3.8, 4) is 0 Å². The average molecular weight is 350 g/mol. The highest BCUT2D eigenvalue weighted by Crippen LogP contribution is 2.13. The normalized spacial score (nSPS) is 14.6. The molecule has 0 unspecified atom stereocenters. The van der Waals surface area contributed by atoms with E-state index in [2.05, 4.69) is 29.0 Å². The number of nitrogens with zero attached hydrogens (tertiary/aromatic N) is 2. The van der Waals surface area contributed by atoms with Crippen LogP contribution in [-0.4, -0.2) is 36.9 Å². The Bertz CT molecular complexity index is 349. The maximum Gasteiger partial charge on any atom is 0.123 e. The van der Waals surface area contributed by atoms with E-state index in [-0.39, 0.29) is 0 Å². The summed E-state index contributed by atoms with van der Waals surface area (Å²) >= 11 is 0. The predicted octanol–water partition coefficient (Wildman–Crippen LogP) is 5.70. The number of allylic oxidation sites excluding steroid dienone is 1. The maximum atomic E-state index is 5.64. The number of amidine groups is 1. The Morgan fingerprint density at radius 1 is 0.880 bits per heavy atom. The molecule has 0 aliphatic carbocycles. The Hall–Kier alpha value is -0.830. The third kappa shape index (κ3) is 12.2. The quantitative estimate of drug-likeness (QED) is 0.342. The first-order chi connectivity index (χ1) is 12.4. The molecule has 1 aliphatic heterocycles. The van der Waals surface area contributed by atoms with Crippen LogP contribution < -0.4 is 5.73 Å². The Labute approximate surface area is 157 Å². The molecular weight excluding hydrogens is 306 g/mol. The molecule has 0 aromatic carbocycles. The highest BCUT2D eigenvalue weighted by molar-refractivity contribution is 5.94. The SMILES string of the molecule is CCCCCCCCCCCCCCC/C=C/C1=NCCN1CCN. The molecule has 0 amide bonds. The number of rotatable bonds is 17. The van der Waals surface area contributed by atoms with Gasteiger partial charge in [-0.05, 0) is 18.9 Å². The van der Waals surface area contributed by atoms with Crippen LogP contribution in [-0.2, 0) is 0 Å². The minimum absolute atomic E-state index is 0.714. The molecule has 0 saturated carbocycles. The van der Waals surface area contributed by atoms with Gasteiger partial charge in [0, 0.05) is 19.6 Å². The standard InChI is InChI=1S/C22H43N3/c1-2-3-4-5-6-7-8-9-10-11-12-13-14-15-16-17-22-24-19-21-25(22)20-18-23/h16-17H,2-15,18-21,23H2,1H3/b17-16+. The van der Waals surface area contributed by atoms with Gasteiger partial charge in [-0.2, -0.15) is 0 Å². The van der Waals surface area contributed by atoms with Crippen molar-refractivity contribution in [2.75, 3.05) is 26.2 Å². The van der Waals surface area contributed by atoms with Crippen LogP contribution in [0.3, 0.4) is 0 Å². The molecule has 0 atom stereocenters. The molecule has 0 saturated heterocycles. The first-order valence-electron chi connectivity index (χ1n) is 11.0. The molecule has 3 heteroatoms. The summed E-state index contributed by atoms with van der Waals surface area (Å²) in [6, 6.07) is 0. The Balaban J connectivity index is 1.82. The van der Waals surface area contributed by atoms with Crippen molar-refractivity contribution in [2.45, 2.75) is 96.8 Å². The molecule has 0 spiro atoms. The van der Waals surface area contributed by atoms with Crippen LogP contribution >= 0.6 is 0 Å². The number of hydrogen-bond acceptors (Lipinski definition) is 3. The molecule has 1 aliphatic rings. The van der Waals surface area contributed by atoms with E-state index in [1.807, 2.05) is 0 Å². The number of aliphatic imine (C=N–C) groups is 1. The van der Waals surface area contributed by atoms with Crippen molar-refractivity contribution in [3.05, 3.63) is 12.2 Å². The second kappa shape index (κ2) is 16.6. The minimum Gasteiger partial charge on any atom is -0.354 e. The van der Waals surface area contributed by atoms with Gasteiger partial charge < -0.3 is 10.6 Å². The van der Waals surface area contributed by atoms with E-state index < -0.39 is 0 Å². The fourth-order valence-electron chi connectivity index (χ4n) is 3.51. The third-order valence-corrected chi connectivity index (χ3v) is 5.11. The molecule has 3 nitrogen and oxygen atoms in total. The van der Waals surface area contributed by atoms with Gasteiger partial charge in [-0.15, -0.1) is 0 Å². The van der Waals surface area contributed by atoms with Gasteiger partial charge >= 0.3 is 0 Å². The topological polar surface area (TPSA) is 41.6 Å². The Morgan fingerprint density at radius 2 is 1.44 bits per heavy atom. The van der Waals surface area contributed by atoms with Crippen LogP contribution in [0.4, 0.5) is 0 Å². The lowest BCUT2D eigenvalue weighted by atomic mass is 10.0. The van der Waals surface area contributed by atoms with E-state index in [1.54, 1.807) is 0 Å². The lowest BCUT2D eigenvalue weighted by molar-refractivity contribution is 0.469. The van der Waals surface area contributed by atoms with Crippen LogP contribution in [0.1, 0.15) is 96.8 Å². The van der Waals surface area contributed by atoms with E-state index >= 15 is 0 Å². The lowest BCUT2D eigenvalue weighted by Gasteiger charge is -2.16. The van der Waals surface area contributed by atoms with Gasteiger partial charge in [-0.1, -0.05) is 90.0 Å². The van der Waals surface area contributed by atoms with Gasteiger partial charge in [0.1, 0.15) is 5.84 Å². The molecule has 0 fully saturated rings. The van der Waals surface area contributed by atoms with Crippen LogP contribution in [0.5, 0.6) is 0 Å². The maximum absolute atomic E-state index is 5.64. The average Bonchev–Trinajstić information content (AvgIpc) is 3.06. The molecule has 25 heavy (non-hydrogen) atoms. The van der Waals surface area contributed by atoms with Gasteiger partial charge in [-0.3, -0.25) is 4.99 Å². The molecule has 0 bridgehead atoms. The molecular formula is C22H43N3. The van der Waals surface area contributed by atoms with E-state index in [4.69, 9.17) is 5.73 Å². The van der Waals surface area contributed by atoms with Gasteiger partial charge in [0.15, 0.2) is 0 Å². The number of unbranched alkanes of at least 4 members (excludes halogenated alkanes) is 13. The van der Waals surface area contributed by atoms with Crippen molar-refractivity contribution in [1.82, 2.24) is 4.90 Å². The minimum atomic E-state index is 0.714. The number of hydrogen-bond donors (Lipinski definition) is 1. The van der Waals surface area contributed by atoms with Crippen molar-refractivity contribution < 1.29 is 0 Å². The van der Waals surface area contributed by atoms with Crippen LogP contribution in [0.15, 0.2) is 17.1 Å². The summed E-state index contributed by atoms with van der Waals surface area (Å²) in [5, 5.41) is 0. The summed E-state index contributed by atoms with van der Waals surface area (Å²) in [4.78, 5) is 6.83. The summed E-state index contributed by atoms with van der Waals surface area (Å²) in [5.41, 5.74) is 5.64. The first-order valence-corrected chi connectivity index (χ1v) is 11.0. The van der Waals surface area contributed by atoms with Crippen LogP contribution in [0, 0.1) is 0 Å². The highest BCUT2D eigenvalue weighted by Gasteiger charge is 2.12. The summed E-state index contributed by atoms with van der Waals surface area (Å²) in [7, 11) is 0. The van der Waals surface area contributed by atoms with Crippen LogP contribution in [0.25, 0.3) is 0 Å². The van der Waals surface area contributed by atoms with Gasteiger partial charge in [0.2, 0.25) is 0 Å². The van der Waals surface area contributed by atoms with E-state index in [9.17, 15) is 0 Å². The van der Waals surface area contributed by atoms with E-state index in [0.29, 0.717) is 6.54 Å². The van der Waals surface area contributed by atoms with Crippen molar-refractivity contribution in [1.29, 1.82) is 0 Å². The van der Waals surface area contributed by atoms with E-state index in [0.717, 1.165) is 25.5 Å². The van der Waals surface area contributed by atoms with E-state index in [1.165, 1.54) is 89.9 Å². The van der Waals surface area contributed by atoms with Gasteiger partial charge in [-0.25, -0.2) is 0 Å². The van der Waals surface area contributed by atoms with Crippen LogP contribution in [0.2, 0.25) is 0 Å². The summed E-state index contributed by atoms with van der Waals surface area (Å²) < 4.78 is 0. The zero-order chi connectivity index (χ0) is 18.0. The lowest BCUT2D eigenvalue weighted by Crippen LogP contribution is -2.31. The second-order valence-electron chi connectivity index (χ2n) is 7.45. The van der Waals surface area contributed by atoms with Crippen molar-refractivity contribution in [2.24, 2.45) is 10.7 Å². The molecule has 2 N–H and O–H groups in total. The van der Waals surface area contributed by atoms with Crippen molar-refractivity contribution >= 4 is 5.84 Å². The molecule has 146 valence electrons. The monoisotopic (exact) mass is 349 g/mol.